The molecule has 3 heteroatoms. The summed E-state index contributed by atoms with van der Waals surface area (Å²) < 4.78 is 11.2. The van der Waals surface area contributed by atoms with E-state index in [1.54, 1.807) is 7.11 Å². The Balaban J connectivity index is 2.01. The SMILES string of the molecule is CCc1ccc(OCC(NC)c2cccc(OC)c2)cc1. The number of methoxy groups -OCH3 is 1. The maximum absolute atomic E-state index is 5.88. The smallest absolute Gasteiger partial charge is 0.119 e. The first-order chi connectivity index (χ1) is 10.3. The van der Waals surface area contributed by atoms with Crippen molar-refractivity contribution in [2.75, 3.05) is 20.8 Å². The van der Waals surface area contributed by atoms with Crippen molar-refractivity contribution >= 4 is 0 Å². The zero-order chi connectivity index (χ0) is 15.1. The van der Waals surface area contributed by atoms with Crippen LogP contribution in [0.15, 0.2) is 48.5 Å². The number of aryl methyl sites for hydroxylation is 1. The predicted octanol–water partition coefficient (Wildman–Crippen LogP) is 3.60. The van der Waals surface area contributed by atoms with Crippen LogP contribution in [0.3, 0.4) is 0 Å². The highest BCUT2D eigenvalue weighted by atomic mass is 16.5. The first-order valence-electron chi connectivity index (χ1n) is 7.29. The molecule has 0 amide bonds. The first-order valence-corrected chi connectivity index (χ1v) is 7.29. The molecule has 0 aliphatic heterocycles. The quantitative estimate of drug-likeness (QED) is 0.843. The van der Waals surface area contributed by atoms with Crippen LogP contribution >= 0.6 is 0 Å². The lowest BCUT2D eigenvalue weighted by atomic mass is 10.1. The molecule has 2 aromatic rings. The van der Waals surface area contributed by atoms with E-state index in [1.807, 2.05) is 37.4 Å². The molecular weight excluding hydrogens is 262 g/mol. The third-order valence-electron chi connectivity index (χ3n) is 3.59. The molecule has 0 heterocycles. The Bertz CT molecular complexity index is 551. The molecule has 3 nitrogen and oxygen atoms in total. The van der Waals surface area contributed by atoms with Gasteiger partial charge in [-0.15, -0.1) is 0 Å². The molecule has 0 aliphatic carbocycles. The third kappa shape index (κ3) is 4.23. The van der Waals surface area contributed by atoms with Gasteiger partial charge in [0.1, 0.15) is 18.1 Å². The van der Waals surface area contributed by atoms with Gasteiger partial charge in [-0.25, -0.2) is 0 Å². The van der Waals surface area contributed by atoms with Crippen molar-refractivity contribution in [1.82, 2.24) is 5.32 Å². The maximum Gasteiger partial charge on any atom is 0.119 e. The molecule has 1 N–H and O–H groups in total. The van der Waals surface area contributed by atoms with Crippen LogP contribution < -0.4 is 14.8 Å². The van der Waals surface area contributed by atoms with Crippen molar-refractivity contribution in [2.24, 2.45) is 0 Å². The van der Waals surface area contributed by atoms with E-state index in [0.29, 0.717) is 6.61 Å². The number of rotatable bonds is 7. The van der Waals surface area contributed by atoms with E-state index < -0.39 is 0 Å². The number of likely N-dealkylation sites (N-methyl/N-ethyl adjacent to an activating group) is 1. The lowest BCUT2D eigenvalue weighted by molar-refractivity contribution is 0.272. The molecular formula is C18H23NO2. The van der Waals surface area contributed by atoms with E-state index in [9.17, 15) is 0 Å². The molecule has 2 aromatic carbocycles. The van der Waals surface area contributed by atoms with Gasteiger partial charge in [-0.3, -0.25) is 0 Å². The summed E-state index contributed by atoms with van der Waals surface area (Å²) in [5.41, 5.74) is 2.47. The van der Waals surface area contributed by atoms with E-state index in [-0.39, 0.29) is 6.04 Å². The van der Waals surface area contributed by atoms with E-state index in [0.717, 1.165) is 23.5 Å². The van der Waals surface area contributed by atoms with Gasteiger partial charge in [0.15, 0.2) is 0 Å². The summed E-state index contributed by atoms with van der Waals surface area (Å²) in [7, 11) is 3.62. The average Bonchev–Trinajstić information content (AvgIpc) is 2.56. The molecule has 0 bridgehead atoms. The van der Waals surface area contributed by atoms with Crippen molar-refractivity contribution < 1.29 is 9.47 Å². The largest absolute Gasteiger partial charge is 0.497 e. The fourth-order valence-corrected chi connectivity index (χ4v) is 2.21. The third-order valence-corrected chi connectivity index (χ3v) is 3.59. The predicted molar refractivity (Wildman–Crippen MR) is 86.1 cm³/mol. The van der Waals surface area contributed by atoms with Crippen LogP contribution in [0.25, 0.3) is 0 Å². The number of ether oxygens (including phenoxy) is 2. The molecule has 112 valence electrons. The standard InChI is InChI=1S/C18H23NO2/c1-4-14-8-10-16(11-9-14)21-13-18(19-2)15-6-5-7-17(12-15)20-3/h5-12,18-19H,4,13H2,1-3H3. The van der Waals surface area contributed by atoms with Crippen molar-refractivity contribution in [3.05, 3.63) is 59.7 Å². The second kappa shape index (κ2) is 7.70. The van der Waals surface area contributed by atoms with Crippen LogP contribution in [0.1, 0.15) is 24.1 Å². The van der Waals surface area contributed by atoms with Gasteiger partial charge in [0.25, 0.3) is 0 Å². The Morgan fingerprint density at radius 2 is 1.81 bits per heavy atom. The average molecular weight is 285 g/mol. The highest BCUT2D eigenvalue weighted by molar-refractivity contribution is 5.31. The Kier molecular flexibility index (Phi) is 5.64. The van der Waals surface area contributed by atoms with Gasteiger partial charge in [0, 0.05) is 0 Å². The Hall–Kier alpha value is -2.00. The summed E-state index contributed by atoms with van der Waals surface area (Å²) in [6.07, 6.45) is 1.04. The Morgan fingerprint density at radius 1 is 1.05 bits per heavy atom. The zero-order valence-electron chi connectivity index (χ0n) is 12.9. The second-order valence-electron chi connectivity index (χ2n) is 4.93. The zero-order valence-corrected chi connectivity index (χ0v) is 12.9. The number of benzene rings is 2. The molecule has 0 spiro atoms. The lowest BCUT2D eigenvalue weighted by Gasteiger charge is -2.18. The van der Waals surface area contributed by atoms with Gasteiger partial charge in [-0.1, -0.05) is 31.2 Å². The van der Waals surface area contributed by atoms with Crippen LogP contribution in [0.4, 0.5) is 0 Å². The van der Waals surface area contributed by atoms with Crippen LogP contribution in [0.2, 0.25) is 0 Å². The van der Waals surface area contributed by atoms with E-state index in [1.165, 1.54) is 5.56 Å². The van der Waals surface area contributed by atoms with Crippen LogP contribution in [-0.4, -0.2) is 20.8 Å². The molecule has 0 saturated heterocycles. The van der Waals surface area contributed by atoms with Gasteiger partial charge < -0.3 is 14.8 Å². The normalized spacial score (nSPS) is 12.0. The minimum atomic E-state index is 0.131. The van der Waals surface area contributed by atoms with Gasteiger partial charge in [0.05, 0.1) is 13.2 Å². The number of nitrogens with one attached hydrogen (secondary N) is 1. The molecule has 1 unspecified atom stereocenters. The van der Waals surface area contributed by atoms with Gasteiger partial charge >= 0.3 is 0 Å². The van der Waals surface area contributed by atoms with Crippen molar-refractivity contribution in [2.45, 2.75) is 19.4 Å². The lowest BCUT2D eigenvalue weighted by Crippen LogP contribution is -2.23. The van der Waals surface area contributed by atoms with Gasteiger partial charge in [-0.2, -0.15) is 0 Å². The summed E-state index contributed by atoms with van der Waals surface area (Å²) in [6, 6.07) is 16.4. The number of hydrogen-bond acceptors (Lipinski definition) is 3. The van der Waals surface area contributed by atoms with Crippen molar-refractivity contribution in [3.8, 4) is 11.5 Å². The van der Waals surface area contributed by atoms with E-state index >= 15 is 0 Å². The Morgan fingerprint density at radius 3 is 2.43 bits per heavy atom. The molecule has 1 atom stereocenters. The molecule has 2 rings (SSSR count). The monoisotopic (exact) mass is 285 g/mol. The molecule has 0 aromatic heterocycles. The Labute approximate surface area is 126 Å². The van der Waals surface area contributed by atoms with Crippen molar-refractivity contribution in [1.29, 1.82) is 0 Å². The molecule has 21 heavy (non-hydrogen) atoms. The van der Waals surface area contributed by atoms with Crippen LogP contribution in [0.5, 0.6) is 11.5 Å². The highest BCUT2D eigenvalue weighted by Crippen LogP contribution is 2.20. The van der Waals surface area contributed by atoms with Gasteiger partial charge in [-0.05, 0) is 48.9 Å². The fraction of sp³-hybridized carbons (Fsp3) is 0.333. The van der Waals surface area contributed by atoms with Gasteiger partial charge in [0.2, 0.25) is 0 Å². The summed E-state index contributed by atoms with van der Waals surface area (Å²) in [6.45, 7) is 2.73. The highest BCUT2D eigenvalue weighted by Gasteiger charge is 2.11. The topological polar surface area (TPSA) is 30.5 Å². The van der Waals surface area contributed by atoms with Crippen LogP contribution in [0, 0.1) is 0 Å². The minimum absolute atomic E-state index is 0.131. The second-order valence-corrected chi connectivity index (χ2v) is 4.93. The molecule has 0 saturated carbocycles. The first kappa shape index (κ1) is 15.4. The van der Waals surface area contributed by atoms with Crippen molar-refractivity contribution in [3.63, 3.8) is 0 Å². The van der Waals surface area contributed by atoms with E-state index in [4.69, 9.17) is 9.47 Å². The summed E-state index contributed by atoms with van der Waals surface area (Å²) >= 11 is 0. The maximum atomic E-state index is 5.88. The number of hydrogen-bond donors (Lipinski definition) is 1. The molecule has 0 radical (unpaired) electrons. The molecule has 0 aliphatic rings. The fourth-order valence-electron chi connectivity index (χ4n) is 2.21. The summed E-state index contributed by atoms with van der Waals surface area (Å²) in [4.78, 5) is 0. The van der Waals surface area contributed by atoms with Crippen LogP contribution in [-0.2, 0) is 6.42 Å². The minimum Gasteiger partial charge on any atom is -0.497 e. The summed E-state index contributed by atoms with van der Waals surface area (Å²) in [5.74, 6) is 1.76. The summed E-state index contributed by atoms with van der Waals surface area (Å²) in [5, 5.41) is 3.28. The molecule has 0 fully saturated rings. The van der Waals surface area contributed by atoms with E-state index in [2.05, 4.69) is 30.4 Å².